The Morgan fingerprint density at radius 2 is 0.971 bits per heavy atom. The SMILES string of the molecule is Cc1nc2c(F)cc(-c3cc(Cc4ncc(N5CCCCC5)cn4)ncc3F)cc2n1C(C)C.Cc1nc2c(F)cc(-c3cc(I)ncc3F)cc2n1C(C)C.Nc1ncc(N2CCCCC2)cn1. The average Bonchev–Trinajstić information content (AvgIpc) is 3.88. The van der Waals surface area contributed by atoms with Crippen molar-refractivity contribution in [2.24, 2.45) is 0 Å². The molecule has 0 saturated carbocycles. The predicted octanol–water partition coefficient (Wildman–Crippen LogP) is 11.6. The molecule has 69 heavy (non-hydrogen) atoms. The predicted molar refractivity (Wildman–Crippen MR) is 272 cm³/mol. The summed E-state index contributed by atoms with van der Waals surface area (Å²) in [7, 11) is 0. The van der Waals surface area contributed by atoms with E-state index in [1.165, 1.54) is 56.9 Å². The molecule has 10 rings (SSSR count). The number of benzene rings is 2. The van der Waals surface area contributed by atoms with E-state index in [1.807, 2.05) is 85.7 Å². The van der Waals surface area contributed by atoms with Crippen LogP contribution in [0.15, 0.2) is 73.6 Å². The van der Waals surface area contributed by atoms with Crippen LogP contribution in [0.3, 0.4) is 0 Å². The molecule has 2 aromatic carbocycles. The van der Waals surface area contributed by atoms with E-state index in [1.54, 1.807) is 36.7 Å². The van der Waals surface area contributed by atoms with Gasteiger partial charge >= 0.3 is 0 Å². The lowest BCUT2D eigenvalue weighted by Gasteiger charge is -2.28. The quantitative estimate of drug-likeness (QED) is 0.0881. The maximum atomic E-state index is 14.9. The Hall–Kier alpha value is -6.31. The van der Waals surface area contributed by atoms with Gasteiger partial charge in [-0.05, 0) is 150 Å². The first kappa shape index (κ1) is 49.1. The minimum absolute atomic E-state index is 0.0996. The van der Waals surface area contributed by atoms with Gasteiger partial charge in [0.15, 0.2) is 11.6 Å². The highest BCUT2D eigenvalue weighted by Gasteiger charge is 2.20. The summed E-state index contributed by atoms with van der Waals surface area (Å²) in [6, 6.07) is 9.75. The van der Waals surface area contributed by atoms with Gasteiger partial charge in [-0.25, -0.2) is 52.4 Å². The Labute approximate surface area is 412 Å². The van der Waals surface area contributed by atoms with Crippen LogP contribution in [0, 0.1) is 40.8 Å². The number of hydrogen-bond donors (Lipinski definition) is 1. The molecule has 13 nitrogen and oxygen atoms in total. The highest BCUT2D eigenvalue weighted by molar-refractivity contribution is 14.1. The van der Waals surface area contributed by atoms with Gasteiger partial charge < -0.3 is 24.7 Å². The Morgan fingerprint density at radius 3 is 1.43 bits per heavy atom. The molecule has 360 valence electrons. The highest BCUT2D eigenvalue weighted by Crippen LogP contribution is 2.33. The van der Waals surface area contributed by atoms with Crippen LogP contribution in [0.1, 0.15) is 101 Å². The van der Waals surface area contributed by atoms with Crippen molar-refractivity contribution in [3.8, 4) is 22.3 Å². The Balaban J connectivity index is 0.000000156. The minimum atomic E-state index is -0.504. The fraction of sp³-hybridized carbons (Fsp3) is 0.373. The molecule has 2 fully saturated rings. The van der Waals surface area contributed by atoms with Gasteiger partial charge in [-0.1, -0.05) is 0 Å². The summed E-state index contributed by atoms with van der Waals surface area (Å²) in [5, 5.41) is 0. The van der Waals surface area contributed by atoms with E-state index in [0.717, 1.165) is 55.4 Å². The van der Waals surface area contributed by atoms with Crippen molar-refractivity contribution in [1.82, 2.24) is 49.0 Å². The molecule has 0 amide bonds. The standard InChI is InChI=1S/C26H28F2N6.C16H14F2IN3.C9H14N4/c1-16(2)34-17(3)32-26-22(27)9-18(10-24(26)34)21-11-19(29-15-23(21)28)12-25-30-13-20(14-31-25)33-7-5-4-6-8-33;1-8(2)22-9(3)21-16-12(17)4-10(5-14(16)22)11-6-15(19)20-7-13(11)18;10-9-11-6-8(7-12-9)13-4-2-1-3-5-13/h9-11,13-16H,4-8,12H2,1-3H3;4-8H,1-3H3;6-7H,1-5H2,(H2,10,11,12). The van der Waals surface area contributed by atoms with Crippen LogP contribution >= 0.6 is 22.6 Å². The van der Waals surface area contributed by atoms with E-state index in [4.69, 9.17) is 5.73 Å². The first-order chi connectivity index (χ1) is 33.1. The van der Waals surface area contributed by atoms with Gasteiger partial charge in [0.2, 0.25) is 5.95 Å². The van der Waals surface area contributed by atoms with Crippen LogP contribution in [0.2, 0.25) is 0 Å². The number of hydrogen-bond acceptors (Lipinski definition) is 11. The molecule has 8 aromatic rings. The van der Waals surface area contributed by atoms with E-state index >= 15 is 0 Å². The molecule has 18 heteroatoms. The van der Waals surface area contributed by atoms with Crippen LogP contribution in [-0.4, -0.2) is 75.2 Å². The smallest absolute Gasteiger partial charge is 0.220 e. The maximum absolute atomic E-state index is 14.9. The molecule has 2 aliphatic rings. The zero-order chi connectivity index (χ0) is 48.9. The van der Waals surface area contributed by atoms with E-state index in [9.17, 15) is 17.6 Å². The molecule has 0 unspecified atom stereocenters. The number of nitrogens with zero attached hydrogens (tertiary/aromatic N) is 12. The lowest BCUT2D eigenvalue weighted by atomic mass is 10.0. The van der Waals surface area contributed by atoms with Gasteiger partial charge in [0.05, 0.1) is 66.0 Å². The van der Waals surface area contributed by atoms with Crippen molar-refractivity contribution in [2.75, 3.05) is 41.7 Å². The molecule has 2 aliphatic heterocycles. The highest BCUT2D eigenvalue weighted by atomic mass is 127. The first-order valence-corrected chi connectivity index (χ1v) is 24.4. The van der Waals surface area contributed by atoms with Crippen molar-refractivity contribution in [3.63, 3.8) is 0 Å². The monoisotopic (exact) mass is 1050 g/mol. The zero-order valence-electron chi connectivity index (χ0n) is 39.7. The van der Waals surface area contributed by atoms with E-state index in [2.05, 4.69) is 49.7 Å². The van der Waals surface area contributed by atoms with Gasteiger partial charge in [0.25, 0.3) is 0 Å². The summed E-state index contributed by atoms with van der Waals surface area (Å²) in [6.45, 7) is 16.0. The third-order valence-electron chi connectivity index (χ3n) is 12.4. The normalized spacial score (nSPS) is 14.0. The van der Waals surface area contributed by atoms with E-state index < -0.39 is 23.3 Å². The number of nitrogen functional groups attached to an aromatic ring is 1. The van der Waals surface area contributed by atoms with Crippen molar-refractivity contribution < 1.29 is 17.6 Å². The van der Waals surface area contributed by atoms with Crippen LogP contribution in [0.4, 0.5) is 34.9 Å². The molecule has 8 heterocycles. The number of nitrogens with two attached hydrogens (primary N) is 1. The second-order valence-corrected chi connectivity index (χ2v) is 19.1. The van der Waals surface area contributed by atoms with Crippen LogP contribution < -0.4 is 15.5 Å². The summed E-state index contributed by atoms with van der Waals surface area (Å²) >= 11 is 2.01. The molecule has 0 radical (unpaired) electrons. The van der Waals surface area contributed by atoms with Crippen molar-refractivity contribution in [3.05, 3.63) is 124 Å². The number of aromatic nitrogens is 10. The molecule has 2 saturated heterocycles. The van der Waals surface area contributed by atoms with Crippen LogP contribution in [0.5, 0.6) is 0 Å². The topological polar surface area (TPSA) is 145 Å². The number of imidazole rings is 2. The summed E-state index contributed by atoms with van der Waals surface area (Å²) in [5.74, 6) is 0.544. The van der Waals surface area contributed by atoms with E-state index in [-0.39, 0.29) is 12.1 Å². The summed E-state index contributed by atoms with van der Waals surface area (Å²) < 4.78 is 62.7. The van der Waals surface area contributed by atoms with Crippen molar-refractivity contribution in [1.29, 1.82) is 0 Å². The van der Waals surface area contributed by atoms with Crippen LogP contribution in [-0.2, 0) is 6.42 Å². The van der Waals surface area contributed by atoms with Gasteiger partial charge in [-0.2, -0.15) is 0 Å². The number of halogens is 5. The molecular weight excluding hydrogens is 998 g/mol. The molecular formula is C51H56F4IN13. The van der Waals surface area contributed by atoms with Crippen LogP contribution in [0.25, 0.3) is 44.3 Å². The number of rotatable bonds is 8. The lowest BCUT2D eigenvalue weighted by Crippen LogP contribution is -2.29. The summed E-state index contributed by atoms with van der Waals surface area (Å²) in [6.07, 6.45) is 17.5. The maximum Gasteiger partial charge on any atom is 0.220 e. The lowest BCUT2D eigenvalue weighted by molar-refractivity contribution is 0.576. The first-order valence-electron chi connectivity index (χ1n) is 23.4. The molecule has 0 bridgehead atoms. The molecule has 0 aliphatic carbocycles. The van der Waals surface area contributed by atoms with Crippen molar-refractivity contribution in [2.45, 2.75) is 98.6 Å². The fourth-order valence-electron chi connectivity index (χ4n) is 9.15. The number of anilines is 3. The van der Waals surface area contributed by atoms with Gasteiger partial charge in [-0.3, -0.25) is 4.98 Å². The molecule has 2 N–H and O–H groups in total. The zero-order valence-corrected chi connectivity index (χ0v) is 41.9. The Morgan fingerprint density at radius 1 is 0.536 bits per heavy atom. The van der Waals surface area contributed by atoms with Gasteiger partial charge in [-0.15, -0.1) is 0 Å². The van der Waals surface area contributed by atoms with Crippen molar-refractivity contribution >= 4 is 62.0 Å². The largest absolute Gasteiger partial charge is 0.369 e. The number of fused-ring (bicyclic) bond motifs is 2. The number of piperidine rings is 2. The summed E-state index contributed by atoms with van der Waals surface area (Å²) in [5.41, 5.74) is 11.7. The molecule has 6 aromatic heterocycles. The third kappa shape index (κ3) is 11.3. The van der Waals surface area contributed by atoms with Gasteiger partial charge in [0, 0.05) is 55.1 Å². The summed E-state index contributed by atoms with van der Waals surface area (Å²) in [4.78, 5) is 38.4. The molecule has 0 atom stereocenters. The Bertz CT molecular complexity index is 3050. The second kappa shape index (κ2) is 21.5. The minimum Gasteiger partial charge on any atom is -0.369 e. The number of aryl methyl sites for hydroxylation is 2. The number of pyridine rings is 2. The van der Waals surface area contributed by atoms with E-state index in [0.29, 0.717) is 71.9 Å². The Kier molecular flexibility index (Phi) is 15.3. The fourth-order valence-corrected chi connectivity index (χ4v) is 9.60. The molecule has 0 spiro atoms. The van der Waals surface area contributed by atoms with Gasteiger partial charge in [0.1, 0.15) is 43.8 Å². The third-order valence-corrected chi connectivity index (χ3v) is 13.0. The second-order valence-electron chi connectivity index (χ2n) is 18.0. The average molecular weight is 1050 g/mol.